The average Bonchev–Trinajstić information content (AvgIpc) is 2.46. The number of para-hydroxylation sites is 1. The van der Waals surface area contributed by atoms with Gasteiger partial charge in [0.05, 0.1) is 0 Å². The fraction of sp³-hybridized carbons (Fsp3) is 0.333. The van der Waals surface area contributed by atoms with Gasteiger partial charge in [0.2, 0.25) is 0 Å². The van der Waals surface area contributed by atoms with E-state index in [0.29, 0.717) is 0 Å². The Hall–Kier alpha value is -1.33. The van der Waals surface area contributed by atoms with Crippen molar-refractivity contribution in [3.63, 3.8) is 0 Å². The van der Waals surface area contributed by atoms with Crippen molar-refractivity contribution in [1.82, 2.24) is 0 Å². The molecule has 0 fully saturated rings. The Balaban J connectivity index is 2.48. The van der Waals surface area contributed by atoms with Gasteiger partial charge in [0.1, 0.15) is 0 Å². The third-order valence-corrected chi connectivity index (χ3v) is 4.35. The zero-order valence-electron chi connectivity index (χ0n) is 12.7. The molecular weight excluding hydrogens is 261 g/mol. The molecule has 0 radical (unpaired) electrons. The highest BCUT2D eigenvalue weighted by molar-refractivity contribution is 7.28. The molecule has 0 spiro atoms. The molecule has 106 valence electrons. The van der Waals surface area contributed by atoms with Crippen LogP contribution in [0.5, 0.6) is 0 Å². The lowest BCUT2D eigenvalue weighted by Crippen LogP contribution is -2.12. The van der Waals surface area contributed by atoms with E-state index in [1.54, 1.807) is 0 Å². The predicted molar refractivity (Wildman–Crippen MR) is 94.2 cm³/mol. The molecule has 20 heavy (non-hydrogen) atoms. The molecule has 0 N–H and O–H groups in total. The van der Waals surface area contributed by atoms with Gasteiger partial charge in [0.15, 0.2) is 0 Å². The molecular formula is C18H24NP. The summed E-state index contributed by atoms with van der Waals surface area (Å²) in [7, 11) is 7.15. The van der Waals surface area contributed by atoms with Crippen LogP contribution in [0.1, 0.15) is 25.3 Å². The molecule has 2 heteroatoms. The summed E-state index contributed by atoms with van der Waals surface area (Å²) in [6.07, 6.45) is 3.65. The van der Waals surface area contributed by atoms with Crippen LogP contribution in [0.4, 0.5) is 5.69 Å². The lowest BCUT2D eigenvalue weighted by molar-refractivity contribution is 0.798. The Morgan fingerprint density at radius 1 is 0.950 bits per heavy atom. The molecule has 0 aromatic heterocycles. The smallest absolute Gasteiger partial charge is 0.0440 e. The normalized spacial score (nSPS) is 10.6. The molecule has 1 nitrogen and oxygen atoms in total. The fourth-order valence-electron chi connectivity index (χ4n) is 2.52. The Kier molecular flexibility index (Phi) is 5.20. The fourth-order valence-corrected chi connectivity index (χ4v) is 3.02. The lowest BCUT2D eigenvalue weighted by Gasteiger charge is -2.19. The Morgan fingerprint density at radius 3 is 2.35 bits per heavy atom. The maximum Gasteiger partial charge on any atom is 0.0440 e. The van der Waals surface area contributed by atoms with Crippen LogP contribution in [0.3, 0.4) is 0 Å². The van der Waals surface area contributed by atoms with Crippen LogP contribution in [0.25, 0.3) is 11.1 Å². The second kappa shape index (κ2) is 6.90. The first-order valence-corrected chi connectivity index (χ1v) is 7.87. The molecule has 0 bridgehead atoms. The van der Waals surface area contributed by atoms with Crippen molar-refractivity contribution in [2.75, 3.05) is 19.0 Å². The first kappa shape index (κ1) is 15.1. The van der Waals surface area contributed by atoms with Gasteiger partial charge in [-0.1, -0.05) is 49.7 Å². The molecule has 1 atom stereocenters. The van der Waals surface area contributed by atoms with Gasteiger partial charge < -0.3 is 4.90 Å². The van der Waals surface area contributed by atoms with Gasteiger partial charge >= 0.3 is 0 Å². The van der Waals surface area contributed by atoms with Gasteiger partial charge in [-0.15, -0.1) is 9.24 Å². The van der Waals surface area contributed by atoms with Crippen molar-refractivity contribution in [3.8, 4) is 11.1 Å². The molecule has 0 saturated carbocycles. The van der Waals surface area contributed by atoms with Gasteiger partial charge in [-0.3, -0.25) is 0 Å². The number of benzene rings is 2. The number of rotatable bonds is 5. The zero-order chi connectivity index (χ0) is 14.5. The first-order valence-electron chi connectivity index (χ1n) is 7.29. The summed E-state index contributed by atoms with van der Waals surface area (Å²) in [5.41, 5.74) is 5.35. The third kappa shape index (κ3) is 3.22. The summed E-state index contributed by atoms with van der Waals surface area (Å²) in [6, 6.07) is 15.3. The minimum atomic E-state index is 1.16. The number of hydrogen-bond acceptors (Lipinski definition) is 1. The molecule has 0 aliphatic rings. The number of nitrogens with zero attached hydrogens (tertiary/aromatic N) is 1. The van der Waals surface area contributed by atoms with E-state index in [0.717, 1.165) is 6.42 Å². The Labute approximate surface area is 125 Å². The van der Waals surface area contributed by atoms with Crippen LogP contribution >= 0.6 is 9.24 Å². The highest BCUT2D eigenvalue weighted by Crippen LogP contribution is 2.30. The Morgan fingerprint density at radius 2 is 1.65 bits per heavy atom. The summed E-state index contributed by atoms with van der Waals surface area (Å²) < 4.78 is 0. The second-order valence-corrected chi connectivity index (χ2v) is 5.97. The first-order chi connectivity index (χ1) is 9.65. The number of anilines is 1. The Bertz CT molecular complexity index is 575. The SMILES string of the molecule is CCCCc1cccc(-c2ccccc2N(C)C)c1P. The number of unbranched alkanes of at least 4 members (excludes halogenated alkanes) is 1. The van der Waals surface area contributed by atoms with E-state index in [4.69, 9.17) is 0 Å². The van der Waals surface area contributed by atoms with Crippen LogP contribution in [-0.2, 0) is 6.42 Å². The van der Waals surface area contributed by atoms with Gasteiger partial charge in [-0.2, -0.15) is 0 Å². The summed E-state index contributed by atoms with van der Waals surface area (Å²) >= 11 is 0. The third-order valence-electron chi connectivity index (χ3n) is 3.67. The molecule has 0 amide bonds. The largest absolute Gasteiger partial charge is 0.377 e. The van der Waals surface area contributed by atoms with Crippen LogP contribution in [0.2, 0.25) is 0 Å². The number of hydrogen-bond donors (Lipinski definition) is 0. The quantitative estimate of drug-likeness (QED) is 0.742. The maximum absolute atomic E-state index is 2.95. The van der Waals surface area contributed by atoms with Gasteiger partial charge in [-0.05, 0) is 35.3 Å². The highest BCUT2D eigenvalue weighted by Gasteiger charge is 2.10. The summed E-state index contributed by atoms with van der Waals surface area (Å²) in [4.78, 5) is 2.18. The summed E-state index contributed by atoms with van der Waals surface area (Å²) in [5.74, 6) is 0. The van der Waals surface area contributed by atoms with E-state index in [1.165, 1.54) is 40.5 Å². The molecule has 0 saturated heterocycles. The summed E-state index contributed by atoms with van der Waals surface area (Å²) in [5, 5.41) is 1.34. The van der Waals surface area contributed by atoms with Crippen molar-refractivity contribution in [2.24, 2.45) is 0 Å². The molecule has 2 rings (SSSR count). The van der Waals surface area contributed by atoms with E-state index < -0.39 is 0 Å². The van der Waals surface area contributed by atoms with Crippen molar-refractivity contribution >= 4 is 20.2 Å². The molecule has 0 aliphatic heterocycles. The van der Waals surface area contributed by atoms with Gasteiger partial charge in [-0.25, -0.2) is 0 Å². The molecule has 1 unspecified atom stereocenters. The highest BCUT2D eigenvalue weighted by atomic mass is 31.0. The maximum atomic E-state index is 2.95. The predicted octanol–water partition coefficient (Wildman–Crippen LogP) is 4.26. The van der Waals surface area contributed by atoms with Crippen molar-refractivity contribution in [3.05, 3.63) is 48.0 Å². The van der Waals surface area contributed by atoms with Crippen LogP contribution in [0.15, 0.2) is 42.5 Å². The monoisotopic (exact) mass is 285 g/mol. The zero-order valence-corrected chi connectivity index (χ0v) is 13.8. The van der Waals surface area contributed by atoms with Crippen LogP contribution in [0, 0.1) is 0 Å². The minimum absolute atomic E-state index is 1.16. The van der Waals surface area contributed by atoms with E-state index in [1.807, 2.05) is 0 Å². The minimum Gasteiger partial charge on any atom is -0.377 e. The van der Waals surface area contributed by atoms with Gasteiger partial charge in [0, 0.05) is 25.3 Å². The van der Waals surface area contributed by atoms with E-state index in [2.05, 4.69) is 77.6 Å². The molecule has 0 aliphatic carbocycles. The summed E-state index contributed by atoms with van der Waals surface area (Å²) in [6.45, 7) is 2.24. The topological polar surface area (TPSA) is 3.24 Å². The van der Waals surface area contributed by atoms with Crippen molar-refractivity contribution < 1.29 is 0 Å². The molecule has 0 heterocycles. The van der Waals surface area contributed by atoms with E-state index in [9.17, 15) is 0 Å². The van der Waals surface area contributed by atoms with E-state index >= 15 is 0 Å². The molecule has 2 aromatic rings. The standard InChI is InChI=1S/C18H24NP/c1-4-5-9-14-10-8-12-16(18(14)20)15-11-6-7-13-17(15)19(2)3/h6-8,10-13H,4-5,9,20H2,1-3H3. The lowest BCUT2D eigenvalue weighted by atomic mass is 9.98. The van der Waals surface area contributed by atoms with Crippen molar-refractivity contribution in [2.45, 2.75) is 26.2 Å². The average molecular weight is 285 g/mol. The van der Waals surface area contributed by atoms with Crippen LogP contribution < -0.4 is 10.2 Å². The second-order valence-electron chi connectivity index (χ2n) is 5.39. The van der Waals surface area contributed by atoms with Gasteiger partial charge in [0.25, 0.3) is 0 Å². The van der Waals surface area contributed by atoms with Crippen LogP contribution in [-0.4, -0.2) is 14.1 Å². The van der Waals surface area contributed by atoms with E-state index in [-0.39, 0.29) is 0 Å². The molecule has 2 aromatic carbocycles. The van der Waals surface area contributed by atoms with Crippen molar-refractivity contribution in [1.29, 1.82) is 0 Å². The number of aryl methyl sites for hydroxylation is 1.